The van der Waals surface area contributed by atoms with Crippen molar-refractivity contribution >= 4 is 17.5 Å². The summed E-state index contributed by atoms with van der Waals surface area (Å²) in [5.74, 6) is 0.197. The first-order chi connectivity index (χ1) is 15.8. The topological polar surface area (TPSA) is 89.9 Å². The first-order valence-electron chi connectivity index (χ1n) is 10.2. The van der Waals surface area contributed by atoms with Crippen molar-refractivity contribution in [1.29, 1.82) is 0 Å². The number of para-hydroxylation sites is 1. The van der Waals surface area contributed by atoms with Crippen LogP contribution in [0.1, 0.15) is 40.4 Å². The maximum atomic E-state index is 13.8. The van der Waals surface area contributed by atoms with Crippen LogP contribution >= 0.6 is 0 Å². The minimum absolute atomic E-state index is 0.0860. The van der Waals surface area contributed by atoms with Crippen molar-refractivity contribution in [2.75, 3.05) is 10.6 Å². The first kappa shape index (κ1) is 20.9. The number of fused-ring (bicyclic) bond motifs is 1. The van der Waals surface area contributed by atoms with Gasteiger partial charge < -0.3 is 15.1 Å². The third-order valence-corrected chi connectivity index (χ3v) is 5.38. The molecular formula is C22H19F3N6O2. The number of furan rings is 1. The minimum atomic E-state index is -4.55. The Morgan fingerprint density at radius 1 is 1.15 bits per heavy atom. The molecule has 3 aromatic heterocycles. The quantitative estimate of drug-likeness (QED) is 0.457. The van der Waals surface area contributed by atoms with Crippen LogP contribution < -0.4 is 10.6 Å². The van der Waals surface area contributed by atoms with Crippen LogP contribution in [-0.4, -0.2) is 31.6 Å². The highest BCUT2D eigenvalue weighted by molar-refractivity contribution is 6.03. The van der Waals surface area contributed by atoms with Crippen molar-refractivity contribution in [2.45, 2.75) is 31.6 Å². The molecule has 0 saturated carbocycles. The van der Waals surface area contributed by atoms with E-state index in [4.69, 9.17) is 4.42 Å². The summed E-state index contributed by atoms with van der Waals surface area (Å²) < 4.78 is 49.1. The van der Waals surface area contributed by atoms with Crippen molar-refractivity contribution in [3.8, 4) is 5.69 Å². The highest BCUT2D eigenvalue weighted by Gasteiger charge is 2.47. The molecule has 11 heteroatoms. The standard InChI is InChI=1S/C22H19F3N6O2/c1-13-10-19(30(28-13)14-6-3-2-4-7-14)27-21(32)16-12-20-26-15(17-8-5-9-33-17)11-18(22(23,24)25)31(20)29-16/h2-10,12,15,18,26H,11H2,1H3,(H,27,32)/t15-,18+/m1/s1. The number of carbonyl (C=O) groups is 1. The molecule has 0 fully saturated rings. The molecule has 5 rings (SSSR count). The summed E-state index contributed by atoms with van der Waals surface area (Å²) in [6, 6.07) is 12.8. The molecule has 170 valence electrons. The molecule has 2 atom stereocenters. The molecular weight excluding hydrogens is 437 g/mol. The average Bonchev–Trinajstić information content (AvgIpc) is 3.52. The third kappa shape index (κ3) is 3.97. The monoisotopic (exact) mass is 456 g/mol. The van der Waals surface area contributed by atoms with Crippen LogP contribution in [0.3, 0.4) is 0 Å². The lowest BCUT2D eigenvalue weighted by molar-refractivity contribution is -0.174. The van der Waals surface area contributed by atoms with E-state index in [1.807, 2.05) is 30.3 Å². The maximum Gasteiger partial charge on any atom is 0.410 e. The lowest BCUT2D eigenvalue weighted by Crippen LogP contribution is -2.35. The highest BCUT2D eigenvalue weighted by Crippen LogP contribution is 2.43. The smallest absolute Gasteiger partial charge is 0.410 e. The minimum Gasteiger partial charge on any atom is -0.467 e. The van der Waals surface area contributed by atoms with Gasteiger partial charge in [0.15, 0.2) is 11.7 Å². The molecule has 33 heavy (non-hydrogen) atoms. The van der Waals surface area contributed by atoms with Crippen molar-refractivity contribution in [3.63, 3.8) is 0 Å². The number of aryl methyl sites for hydroxylation is 1. The Morgan fingerprint density at radius 2 is 1.94 bits per heavy atom. The van der Waals surface area contributed by atoms with Crippen LogP contribution in [0.15, 0.2) is 65.3 Å². The van der Waals surface area contributed by atoms with Crippen LogP contribution in [-0.2, 0) is 0 Å². The Morgan fingerprint density at radius 3 is 2.64 bits per heavy atom. The summed E-state index contributed by atoms with van der Waals surface area (Å²) in [5, 5.41) is 14.1. The lowest BCUT2D eigenvalue weighted by atomic mass is 10.0. The number of benzene rings is 1. The summed E-state index contributed by atoms with van der Waals surface area (Å²) in [5.41, 5.74) is 1.24. The van der Waals surface area contributed by atoms with Crippen molar-refractivity contribution < 1.29 is 22.4 Å². The van der Waals surface area contributed by atoms with Gasteiger partial charge in [0.1, 0.15) is 17.4 Å². The zero-order valence-corrected chi connectivity index (χ0v) is 17.4. The number of nitrogens with zero attached hydrogens (tertiary/aromatic N) is 4. The molecule has 0 bridgehead atoms. The van der Waals surface area contributed by atoms with E-state index in [1.165, 1.54) is 12.3 Å². The number of carbonyl (C=O) groups excluding carboxylic acids is 1. The molecule has 0 radical (unpaired) electrons. The van der Waals surface area contributed by atoms with Gasteiger partial charge in [-0.25, -0.2) is 9.36 Å². The zero-order chi connectivity index (χ0) is 23.2. The van der Waals surface area contributed by atoms with Gasteiger partial charge in [0.25, 0.3) is 5.91 Å². The summed E-state index contributed by atoms with van der Waals surface area (Å²) in [4.78, 5) is 12.9. The molecule has 4 aromatic rings. The molecule has 0 saturated heterocycles. The van der Waals surface area contributed by atoms with Gasteiger partial charge in [0.05, 0.1) is 23.7 Å². The number of rotatable bonds is 4. The number of anilines is 2. The number of halogens is 3. The first-order valence-corrected chi connectivity index (χ1v) is 10.2. The number of amides is 1. The van der Waals surface area contributed by atoms with E-state index in [2.05, 4.69) is 20.8 Å². The zero-order valence-electron chi connectivity index (χ0n) is 17.4. The summed E-state index contributed by atoms with van der Waals surface area (Å²) in [7, 11) is 0. The van der Waals surface area contributed by atoms with Gasteiger partial charge in [-0.2, -0.15) is 23.4 Å². The van der Waals surface area contributed by atoms with Crippen molar-refractivity contribution in [2.24, 2.45) is 0 Å². The van der Waals surface area contributed by atoms with E-state index in [0.29, 0.717) is 17.3 Å². The molecule has 1 aliphatic rings. The van der Waals surface area contributed by atoms with E-state index in [-0.39, 0.29) is 17.9 Å². The normalized spacial score (nSPS) is 17.9. The van der Waals surface area contributed by atoms with Crippen LogP contribution in [0.2, 0.25) is 0 Å². The number of hydrogen-bond donors (Lipinski definition) is 2. The predicted octanol–water partition coefficient (Wildman–Crippen LogP) is 4.88. The van der Waals surface area contributed by atoms with Crippen molar-refractivity contribution in [3.05, 3.63) is 78.0 Å². The van der Waals surface area contributed by atoms with Gasteiger partial charge in [-0.15, -0.1) is 0 Å². The third-order valence-electron chi connectivity index (χ3n) is 5.38. The average molecular weight is 456 g/mol. The highest BCUT2D eigenvalue weighted by atomic mass is 19.4. The molecule has 1 aromatic carbocycles. The summed E-state index contributed by atoms with van der Waals surface area (Å²) in [6.07, 6.45) is -3.46. The maximum absolute atomic E-state index is 13.8. The molecule has 2 N–H and O–H groups in total. The summed E-state index contributed by atoms with van der Waals surface area (Å²) >= 11 is 0. The molecule has 8 nitrogen and oxygen atoms in total. The second kappa shape index (κ2) is 7.84. The Balaban J connectivity index is 1.45. The second-order valence-electron chi connectivity index (χ2n) is 7.74. The predicted molar refractivity (Wildman–Crippen MR) is 113 cm³/mol. The van der Waals surface area contributed by atoms with Crippen LogP contribution in [0.5, 0.6) is 0 Å². The molecule has 0 unspecified atom stereocenters. The fourth-order valence-corrected chi connectivity index (χ4v) is 3.90. The van der Waals surface area contributed by atoms with Gasteiger partial charge in [-0.1, -0.05) is 18.2 Å². The second-order valence-corrected chi connectivity index (χ2v) is 7.74. The molecule has 1 amide bonds. The fraction of sp³-hybridized carbons (Fsp3) is 0.227. The van der Waals surface area contributed by atoms with Gasteiger partial charge >= 0.3 is 6.18 Å². The Kier molecular flexibility index (Phi) is 4.95. The molecule has 1 aliphatic heterocycles. The van der Waals surface area contributed by atoms with E-state index in [0.717, 1.165) is 10.4 Å². The van der Waals surface area contributed by atoms with Gasteiger partial charge in [-0.3, -0.25) is 4.79 Å². The number of alkyl halides is 3. The van der Waals surface area contributed by atoms with Gasteiger partial charge in [0, 0.05) is 18.6 Å². The van der Waals surface area contributed by atoms with Gasteiger partial charge in [0.2, 0.25) is 0 Å². The van der Waals surface area contributed by atoms with E-state index in [9.17, 15) is 18.0 Å². The SMILES string of the molecule is Cc1cc(NC(=O)c2cc3n(n2)[C@H](C(F)(F)F)C[C@H](c2ccco2)N3)n(-c2ccccc2)n1. The van der Waals surface area contributed by atoms with Gasteiger partial charge in [-0.05, 0) is 31.2 Å². The van der Waals surface area contributed by atoms with Crippen LogP contribution in [0, 0.1) is 6.92 Å². The summed E-state index contributed by atoms with van der Waals surface area (Å²) in [6.45, 7) is 1.77. The Hall–Kier alpha value is -4.02. The Labute approximate surface area is 186 Å². The fourth-order valence-electron chi connectivity index (χ4n) is 3.90. The number of hydrogen-bond acceptors (Lipinski definition) is 5. The van der Waals surface area contributed by atoms with E-state index < -0.39 is 24.2 Å². The molecule has 0 spiro atoms. The number of aromatic nitrogens is 4. The van der Waals surface area contributed by atoms with Crippen molar-refractivity contribution in [1.82, 2.24) is 19.6 Å². The van der Waals surface area contributed by atoms with Crippen LogP contribution in [0.4, 0.5) is 24.8 Å². The Bertz CT molecular complexity index is 1280. The van der Waals surface area contributed by atoms with E-state index >= 15 is 0 Å². The number of nitrogens with one attached hydrogen (secondary N) is 2. The molecule has 0 aliphatic carbocycles. The van der Waals surface area contributed by atoms with Crippen LogP contribution in [0.25, 0.3) is 5.69 Å². The largest absolute Gasteiger partial charge is 0.467 e. The van der Waals surface area contributed by atoms with E-state index in [1.54, 1.807) is 29.8 Å². The molecule has 4 heterocycles. The lowest BCUT2D eigenvalue weighted by Gasteiger charge is -2.32.